The Morgan fingerprint density at radius 1 is 0.949 bits per heavy atom. The zero-order valence-corrected chi connectivity index (χ0v) is 23.8. The maximum absolute atomic E-state index is 12.8. The zero-order valence-electron chi connectivity index (χ0n) is 20.7. The fourth-order valence-corrected chi connectivity index (χ4v) is 6.17. The Hall–Kier alpha value is -3.05. The van der Waals surface area contributed by atoms with Gasteiger partial charge in [-0.25, -0.2) is 13.2 Å². The molecular weight excluding hydrogens is 581 g/mol. The molecule has 0 saturated carbocycles. The molecule has 39 heavy (non-hydrogen) atoms. The van der Waals surface area contributed by atoms with Gasteiger partial charge in [0, 0.05) is 38.5 Å². The van der Waals surface area contributed by atoms with Crippen molar-refractivity contribution < 1.29 is 22.7 Å². The SMILES string of the molecule is O=C(COC(=O)c1ccc(Cl)cc1Sc1ccc(Cl)cc1)Nc1cccc(S(=O)(=O)NC2=NCCCCC2)c1. The normalized spacial score (nSPS) is 13.6. The molecule has 1 aliphatic heterocycles. The van der Waals surface area contributed by atoms with E-state index in [0.29, 0.717) is 33.7 Å². The van der Waals surface area contributed by atoms with Gasteiger partial charge in [-0.2, -0.15) is 0 Å². The third kappa shape index (κ3) is 8.47. The lowest BCUT2D eigenvalue weighted by Crippen LogP contribution is -2.30. The van der Waals surface area contributed by atoms with Gasteiger partial charge in [-0.1, -0.05) is 47.5 Å². The number of esters is 1. The molecular formula is C27H25Cl2N3O5S2. The van der Waals surface area contributed by atoms with Crippen LogP contribution in [-0.4, -0.2) is 39.3 Å². The summed E-state index contributed by atoms with van der Waals surface area (Å²) in [4.78, 5) is 31.0. The lowest BCUT2D eigenvalue weighted by molar-refractivity contribution is -0.119. The second-order valence-corrected chi connectivity index (χ2v) is 12.3. The second-order valence-electron chi connectivity index (χ2n) is 8.59. The molecule has 8 nitrogen and oxygen atoms in total. The van der Waals surface area contributed by atoms with Crippen molar-refractivity contribution in [3.63, 3.8) is 0 Å². The number of rotatable bonds is 8. The highest BCUT2D eigenvalue weighted by molar-refractivity contribution is 7.99. The van der Waals surface area contributed by atoms with E-state index in [1.54, 1.807) is 30.3 Å². The summed E-state index contributed by atoms with van der Waals surface area (Å²) in [7, 11) is -3.87. The van der Waals surface area contributed by atoms with Gasteiger partial charge in [0.05, 0.1) is 10.5 Å². The number of nitrogens with one attached hydrogen (secondary N) is 2. The van der Waals surface area contributed by atoms with Crippen molar-refractivity contribution in [3.8, 4) is 0 Å². The number of hydrogen-bond acceptors (Lipinski definition) is 7. The van der Waals surface area contributed by atoms with Gasteiger partial charge in [-0.15, -0.1) is 0 Å². The molecule has 2 N–H and O–H groups in total. The molecule has 0 unspecified atom stereocenters. The van der Waals surface area contributed by atoms with Crippen molar-refractivity contribution in [3.05, 3.63) is 82.3 Å². The van der Waals surface area contributed by atoms with Gasteiger partial charge in [-0.05, 0) is 73.5 Å². The number of sulfonamides is 1. The van der Waals surface area contributed by atoms with Crippen LogP contribution in [0.2, 0.25) is 10.0 Å². The predicted octanol–water partition coefficient (Wildman–Crippen LogP) is 6.19. The predicted molar refractivity (Wildman–Crippen MR) is 153 cm³/mol. The Balaban J connectivity index is 1.38. The molecule has 204 valence electrons. The van der Waals surface area contributed by atoms with E-state index in [0.717, 1.165) is 24.2 Å². The topological polar surface area (TPSA) is 114 Å². The van der Waals surface area contributed by atoms with Gasteiger partial charge >= 0.3 is 5.97 Å². The highest BCUT2D eigenvalue weighted by Crippen LogP contribution is 2.33. The van der Waals surface area contributed by atoms with Crippen molar-refractivity contribution in [2.75, 3.05) is 18.5 Å². The monoisotopic (exact) mass is 605 g/mol. The number of aliphatic imine (C=N–C) groups is 1. The van der Waals surface area contributed by atoms with E-state index in [2.05, 4.69) is 15.0 Å². The molecule has 0 fully saturated rings. The lowest BCUT2D eigenvalue weighted by atomic mass is 10.2. The van der Waals surface area contributed by atoms with Gasteiger partial charge in [0.15, 0.2) is 6.61 Å². The highest BCUT2D eigenvalue weighted by atomic mass is 35.5. The van der Waals surface area contributed by atoms with Crippen LogP contribution in [0.15, 0.2) is 86.4 Å². The molecule has 0 atom stereocenters. The first-order chi connectivity index (χ1) is 18.7. The fourth-order valence-electron chi connectivity index (χ4n) is 3.70. The Kier molecular flexibility index (Phi) is 9.90. The van der Waals surface area contributed by atoms with Crippen LogP contribution in [0.4, 0.5) is 5.69 Å². The van der Waals surface area contributed by atoms with Crippen LogP contribution < -0.4 is 10.0 Å². The first-order valence-electron chi connectivity index (χ1n) is 12.1. The smallest absolute Gasteiger partial charge is 0.339 e. The summed E-state index contributed by atoms with van der Waals surface area (Å²) >= 11 is 13.4. The molecule has 0 bridgehead atoms. The Labute approximate surface area is 241 Å². The molecule has 0 spiro atoms. The number of ether oxygens (including phenoxy) is 1. The molecule has 0 aromatic heterocycles. The zero-order chi connectivity index (χ0) is 27.8. The first-order valence-corrected chi connectivity index (χ1v) is 15.1. The Bertz CT molecular complexity index is 1500. The fraction of sp³-hybridized carbons (Fsp3) is 0.222. The van der Waals surface area contributed by atoms with Gasteiger partial charge in [0.25, 0.3) is 15.9 Å². The van der Waals surface area contributed by atoms with Gasteiger partial charge < -0.3 is 10.1 Å². The molecule has 0 aliphatic carbocycles. The molecule has 12 heteroatoms. The standard InChI is InChI=1S/C27H25Cl2N3O5S2/c28-18-8-11-21(12-9-18)38-24-15-19(29)10-13-23(24)27(34)37-17-26(33)31-20-5-4-6-22(16-20)39(35,36)32-25-7-2-1-3-14-30-25/h4-6,8-13,15-16H,1-3,7,14,17H2,(H,30,32)(H,31,33). The van der Waals surface area contributed by atoms with Crippen LogP contribution in [0.3, 0.4) is 0 Å². The Morgan fingerprint density at radius 2 is 1.72 bits per heavy atom. The summed E-state index contributed by atoms with van der Waals surface area (Å²) in [6.45, 7) is 0.0164. The van der Waals surface area contributed by atoms with E-state index in [9.17, 15) is 18.0 Å². The number of carbonyl (C=O) groups is 2. The van der Waals surface area contributed by atoms with E-state index >= 15 is 0 Å². The number of halogens is 2. The van der Waals surface area contributed by atoms with E-state index in [4.69, 9.17) is 27.9 Å². The first kappa shape index (κ1) is 28.9. The van der Waals surface area contributed by atoms with E-state index < -0.39 is 28.5 Å². The van der Waals surface area contributed by atoms with Crippen LogP contribution in [0, 0.1) is 0 Å². The highest BCUT2D eigenvalue weighted by Gasteiger charge is 2.19. The largest absolute Gasteiger partial charge is 0.452 e. The average molecular weight is 607 g/mol. The van der Waals surface area contributed by atoms with Crippen molar-refractivity contribution in [1.82, 2.24) is 4.72 Å². The summed E-state index contributed by atoms with van der Waals surface area (Å²) in [5.41, 5.74) is 0.486. The van der Waals surface area contributed by atoms with Crippen LogP contribution in [0.5, 0.6) is 0 Å². The quantitative estimate of drug-likeness (QED) is 0.296. The molecule has 4 rings (SSSR count). The molecule has 0 radical (unpaired) electrons. The Morgan fingerprint density at radius 3 is 2.51 bits per heavy atom. The van der Waals surface area contributed by atoms with E-state index in [1.165, 1.54) is 36.0 Å². The number of hydrogen-bond donors (Lipinski definition) is 2. The van der Waals surface area contributed by atoms with E-state index in [-0.39, 0.29) is 16.1 Å². The summed E-state index contributed by atoms with van der Waals surface area (Å²) in [5, 5.41) is 3.59. The minimum absolute atomic E-state index is 0.0192. The molecule has 1 amide bonds. The average Bonchev–Trinajstić information content (AvgIpc) is 3.17. The second kappa shape index (κ2) is 13.3. The maximum atomic E-state index is 12.8. The minimum atomic E-state index is -3.87. The number of benzene rings is 3. The van der Waals surface area contributed by atoms with Crippen molar-refractivity contribution in [2.24, 2.45) is 4.99 Å². The van der Waals surface area contributed by atoms with Gasteiger partial charge in [0.2, 0.25) is 0 Å². The number of anilines is 1. The summed E-state index contributed by atoms with van der Waals surface area (Å²) in [6, 6.07) is 17.6. The molecule has 1 heterocycles. The third-order valence-corrected chi connectivity index (χ3v) is 8.53. The number of nitrogens with zero attached hydrogens (tertiary/aromatic N) is 1. The summed E-state index contributed by atoms with van der Waals surface area (Å²) in [5.74, 6) is -0.896. The van der Waals surface area contributed by atoms with Crippen molar-refractivity contribution in [2.45, 2.75) is 40.4 Å². The van der Waals surface area contributed by atoms with Crippen LogP contribution in [0.25, 0.3) is 0 Å². The molecule has 3 aromatic carbocycles. The summed E-state index contributed by atoms with van der Waals surface area (Å²) < 4.78 is 33.4. The maximum Gasteiger partial charge on any atom is 0.339 e. The third-order valence-electron chi connectivity index (χ3n) is 5.59. The number of carbonyl (C=O) groups excluding carboxylic acids is 2. The minimum Gasteiger partial charge on any atom is -0.452 e. The number of amides is 1. The molecule has 1 aliphatic rings. The van der Waals surface area contributed by atoms with Crippen LogP contribution >= 0.6 is 35.0 Å². The van der Waals surface area contributed by atoms with Gasteiger partial charge in [-0.3, -0.25) is 14.5 Å². The van der Waals surface area contributed by atoms with Gasteiger partial charge in [0.1, 0.15) is 5.84 Å². The van der Waals surface area contributed by atoms with Crippen LogP contribution in [-0.2, 0) is 19.6 Å². The summed E-state index contributed by atoms with van der Waals surface area (Å²) in [6.07, 6.45) is 3.36. The number of amidine groups is 1. The van der Waals surface area contributed by atoms with Crippen molar-refractivity contribution in [1.29, 1.82) is 0 Å². The van der Waals surface area contributed by atoms with E-state index in [1.807, 2.05) is 12.1 Å². The van der Waals surface area contributed by atoms with Crippen molar-refractivity contribution >= 4 is 68.4 Å². The molecule has 0 saturated heterocycles. The van der Waals surface area contributed by atoms with Crippen LogP contribution in [0.1, 0.15) is 36.0 Å². The molecule has 3 aromatic rings. The lowest BCUT2D eigenvalue weighted by Gasteiger charge is -2.12.